The SMILES string of the molecule is Cc1nn(CC(=O)c2ccc3c(c2)NC(=O)CO3)c(=O)c(C#N)c1C. The van der Waals surface area contributed by atoms with Crippen LogP contribution >= 0.6 is 0 Å². The summed E-state index contributed by atoms with van der Waals surface area (Å²) in [5.41, 5.74) is 1.09. The van der Waals surface area contributed by atoms with Crippen LogP contribution in [0, 0.1) is 25.2 Å². The quantitative estimate of drug-likeness (QED) is 0.833. The van der Waals surface area contributed by atoms with E-state index in [4.69, 9.17) is 10.00 Å². The van der Waals surface area contributed by atoms with Crippen molar-refractivity contribution in [3.8, 4) is 11.8 Å². The molecule has 8 nitrogen and oxygen atoms in total. The van der Waals surface area contributed by atoms with Crippen LogP contribution in [-0.2, 0) is 11.3 Å². The van der Waals surface area contributed by atoms with E-state index in [1.807, 2.05) is 6.07 Å². The molecule has 8 heteroatoms. The minimum atomic E-state index is -0.603. The van der Waals surface area contributed by atoms with Crippen LogP contribution in [0.4, 0.5) is 5.69 Å². The van der Waals surface area contributed by atoms with Crippen LogP contribution in [0.1, 0.15) is 27.2 Å². The molecule has 0 radical (unpaired) electrons. The highest BCUT2D eigenvalue weighted by Gasteiger charge is 2.19. The molecular weight excluding hydrogens is 324 g/mol. The fourth-order valence-corrected chi connectivity index (χ4v) is 2.49. The van der Waals surface area contributed by atoms with Crippen molar-refractivity contribution in [3.05, 3.63) is 50.9 Å². The van der Waals surface area contributed by atoms with Crippen LogP contribution in [0.5, 0.6) is 5.75 Å². The summed E-state index contributed by atoms with van der Waals surface area (Å²) in [6.45, 7) is 2.93. The lowest BCUT2D eigenvalue weighted by Crippen LogP contribution is -2.30. The molecule has 1 N–H and O–H groups in total. The Balaban J connectivity index is 1.93. The third kappa shape index (κ3) is 2.99. The number of amides is 1. The van der Waals surface area contributed by atoms with Crippen molar-refractivity contribution in [1.82, 2.24) is 9.78 Å². The predicted octanol–water partition coefficient (Wildman–Crippen LogP) is 0.946. The number of ether oxygens (including phenoxy) is 1. The molecule has 0 unspecified atom stereocenters. The van der Waals surface area contributed by atoms with E-state index in [0.717, 1.165) is 4.68 Å². The van der Waals surface area contributed by atoms with Gasteiger partial charge in [-0.2, -0.15) is 10.4 Å². The molecule has 3 rings (SSSR count). The number of nitrogens with zero attached hydrogens (tertiary/aromatic N) is 3. The van der Waals surface area contributed by atoms with Gasteiger partial charge in [0.1, 0.15) is 23.9 Å². The topological polar surface area (TPSA) is 114 Å². The third-order valence-electron chi connectivity index (χ3n) is 3.98. The van der Waals surface area contributed by atoms with Gasteiger partial charge in [-0.05, 0) is 37.6 Å². The molecule has 1 aliphatic rings. The van der Waals surface area contributed by atoms with E-state index < -0.39 is 5.56 Å². The number of carbonyl (C=O) groups is 2. The molecule has 0 saturated carbocycles. The van der Waals surface area contributed by atoms with E-state index in [2.05, 4.69) is 10.4 Å². The maximum Gasteiger partial charge on any atom is 0.285 e. The van der Waals surface area contributed by atoms with Gasteiger partial charge < -0.3 is 10.1 Å². The minimum absolute atomic E-state index is 0.0218. The predicted molar refractivity (Wildman–Crippen MR) is 87.6 cm³/mol. The molecule has 1 aromatic carbocycles. The Morgan fingerprint density at radius 1 is 1.40 bits per heavy atom. The highest BCUT2D eigenvalue weighted by Crippen LogP contribution is 2.28. The Morgan fingerprint density at radius 3 is 2.88 bits per heavy atom. The summed E-state index contributed by atoms with van der Waals surface area (Å²) in [6, 6.07) is 6.48. The summed E-state index contributed by atoms with van der Waals surface area (Å²) in [7, 11) is 0. The minimum Gasteiger partial charge on any atom is -0.482 e. The number of carbonyl (C=O) groups excluding carboxylic acids is 2. The molecule has 0 bridgehead atoms. The lowest BCUT2D eigenvalue weighted by molar-refractivity contribution is -0.118. The Morgan fingerprint density at radius 2 is 2.16 bits per heavy atom. The van der Waals surface area contributed by atoms with E-state index in [-0.39, 0.29) is 30.4 Å². The first-order chi connectivity index (χ1) is 11.9. The Bertz CT molecular complexity index is 1000. The lowest BCUT2D eigenvalue weighted by Gasteiger charge is -2.18. The normalized spacial score (nSPS) is 12.6. The fraction of sp³-hybridized carbons (Fsp3) is 0.235. The largest absolute Gasteiger partial charge is 0.482 e. The van der Waals surface area contributed by atoms with Crippen molar-refractivity contribution >= 4 is 17.4 Å². The van der Waals surface area contributed by atoms with Crippen molar-refractivity contribution in [2.45, 2.75) is 20.4 Å². The number of benzene rings is 1. The van der Waals surface area contributed by atoms with Gasteiger partial charge in [0.05, 0.1) is 11.4 Å². The zero-order valence-corrected chi connectivity index (χ0v) is 13.6. The van der Waals surface area contributed by atoms with Crippen LogP contribution in [0.25, 0.3) is 0 Å². The van der Waals surface area contributed by atoms with Gasteiger partial charge >= 0.3 is 0 Å². The average molecular weight is 338 g/mol. The number of nitriles is 1. The monoisotopic (exact) mass is 338 g/mol. The van der Waals surface area contributed by atoms with Gasteiger partial charge in [0.15, 0.2) is 12.4 Å². The van der Waals surface area contributed by atoms with E-state index in [1.54, 1.807) is 26.0 Å². The maximum absolute atomic E-state index is 12.5. The third-order valence-corrected chi connectivity index (χ3v) is 3.98. The summed E-state index contributed by atoms with van der Waals surface area (Å²) in [4.78, 5) is 36.1. The van der Waals surface area contributed by atoms with Gasteiger partial charge in [-0.15, -0.1) is 0 Å². The number of rotatable bonds is 3. The molecule has 126 valence electrons. The van der Waals surface area contributed by atoms with Crippen molar-refractivity contribution < 1.29 is 14.3 Å². The molecule has 2 heterocycles. The number of Topliss-reactive ketones (excluding diaryl/α,β-unsaturated/α-hetero) is 1. The van der Waals surface area contributed by atoms with Crippen molar-refractivity contribution in [3.63, 3.8) is 0 Å². The van der Waals surface area contributed by atoms with Crippen LogP contribution in [0.15, 0.2) is 23.0 Å². The van der Waals surface area contributed by atoms with Crippen LogP contribution in [0.3, 0.4) is 0 Å². The maximum atomic E-state index is 12.5. The molecule has 2 aromatic rings. The lowest BCUT2D eigenvalue weighted by atomic mass is 10.1. The van der Waals surface area contributed by atoms with Crippen LogP contribution < -0.4 is 15.6 Å². The van der Waals surface area contributed by atoms with Gasteiger partial charge in [0.2, 0.25) is 0 Å². The second-order valence-corrected chi connectivity index (χ2v) is 5.63. The smallest absolute Gasteiger partial charge is 0.285 e. The summed E-state index contributed by atoms with van der Waals surface area (Å²) >= 11 is 0. The Labute approximate surface area is 142 Å². The zero-order chi connectivity index (χ0) is 18.1. The first-order valence-corrected chi connectivity index (χ1v) is 7.49. The number of aryl methyl sites for hydroxylation is 1. The first kappa shape index (κ1) is 16.4. The highest BCUT2D eigenvalue weighted by atomic mass is 16.5. The number of anilines is 1. The van der Waals surface area contributed by atoms with E-state index in [1.165, 1.54) is 6.07 Å². The van der Waals surface area contributed by atoms with Crippen molar-refractivity contribution in [1.29, 1.82) is 5.26 Å². The molecule has 1 aliphatic heterocycles. The molecule has 0 atom stereocenters. The summed E-state index contributed by atoms with van der Waals surface area (Å²) in [6.07, 6.45) is 0. The molecular formula is C17H14N4O4. The Hall–Kier alpha value is -3.47. The number of fused-ring (bicyclic) bond motifs is 1. The number of aromatic nitrogens is 2. The average Bonchev–Trinajstić information content (AvgIpc) is 2.59. The zero-order valence-electron chi connectivity index (χ0n) is 13.6. The number of ketones is 1. The van der Waals surface area contributed by atoms with Crippen LogP contribution in [-0.4, -0.2) is 28.1 Å². The molecule has 0 spiro atoms. The van der Waals surface area contributed by atoms with Crippen LogP contribution in [0.2, 0.25) is 0 Å². The highest BCUT2D eigenvalue weighted by molar-refractivity contribution is 6.00. The summed E-state index contributed by atoms with van der Waals surface area (Å²) in [5, 5.41) is 15.8. The van der Waals surface area contributed by atoms with E-state index in [9.17, 15) is 14.4 Å². The number of hydrogen-bond donors (Lipinski definition) is 1. The van der Waals surface area contributed by atoms with Gasteiger partial charge in [0, 0.05) is 5.56 Å². The van der Waals surface area contributed by atoms with Crippen molar-refractivity contribution in [2.24, 2.45) is 0 Å². The van der Waals surface area contributed by atoms with Crippen molar-refractivity contribution in [2.75, 3.05) is 11.9 Å². The number of nitrogens with one attached hydrogen (secondary N) is 1. The molecule has 1 amide bonds. The standard InChI is InChI=1S/C17H14N4O4/c1-9-10(2)20-21(17(24)12(9)6-18)7-14(22)11-3-4-15-13(5-11)19-16(23)8-25-15/h3-5H,7-8H2,1-2H3,(H,19,23). The van der Waals surface area contributed by atoms with Gasteiger partial charge in [-0.1, -0.05) is 0 Å². The molecule has 0 fully saturated rings. The van der Waals surface area contributed by atoms with E-state index in [0.29, 0.717) is 28.3 Å². The number of hydrogen-bond acceptors (Lipinski definition) is 6. The molecule has 1 aromatic heterocycles. The van der Waals surface area contributed by atoms with Gasteiger partial charge in [-0.3, -0.25) is 14.4 Å². The first-order valence-electron chi connectivity index (χ1n) is 7.49. The van der Waals surface area contributed by atoms with Gasteiger partial charge in [0.25, 0.3) is 11.5 Å². The molecule has 0 aliphatic carbocycles. The van der Waals surface area contributed by atoms with Gasteiger partial charge in [-0.25, -0.2) is 4.68 Å². The second-order valence-electron chi connectivity index (χ2n) is 5.63. The molecule has 25 heavy (non-hydrogen) atoms. The summed E-state index contributed by atoms with van der Waals surface area (Å²) in [5.74, 6) is -0.198. The Kier molecular flexibility index (Phi) is 4.07. The molecule has 0 saturated heterocycles. The fourth-order valence-electron chi connectivity index (χ4n) is 2.49. The summed E-state index contributed by atoms with van der Waals surface area (Å²) < 4.78 is 6.22. The second kappa shape index (κ2) is 6.20. The van der Waals surface area contributed by atoms with E-state index >= 15 is 0 Å².